The number of anilines is 1. The van der Waals surface area contributed by atoms with Gasteiger partial charge in [0.15, 0.2) is 0 Å². The Labute approximate surface area is 221 Å². The van der Waals surface area contributed by atoms with Crippen LogP contribution in [0.3, 0.4) is 0 Å². The molecule has 0 radical (unpaired) electrons. The van der Waals surface area contributed by atoms with Gasteiger partial charge in [-0.2, -0.15) is 0 Å². The lowest BCUT2D eigenvalue weighted by atomic mass is 9.99. The number of urea groups is 1. The van der Waals surface area contributed by atoms with E-state index >= 15 is 0 Å². The van der Waals surface area contributed by atoms with E-state index in [1.54, 1.807) is 6.07 Å². The van der Waals surface area contributed by atoms with Crippen LogP contribution >= 0.6 is 0 Å². The zero-order valence-electron chi connectivity index (χ0n) is 21.8. The first kappa shape index (κ1) is 25.0. The molecule has 4 amide bonds. The standard InChI is InChI=1S/C32H28N2O4/c1-19-9-11-28(22(4)14-19)34-31(36)27(30(35)33-32(34)37)17-26-25-8-6-5-7-24(25)10-12-29(26)38-18-23-15-20(2)13-21(3)16-23/h5-17H,18H2,1-4H3,(H,33,35,37)/b27-17+. The minimum atomic E-state index is -0.770. The minimum absolute atomic E-state index is 0.142. The molecule has 4 aromatic carbocycles. The maximum Gasteiger partial charge on any atom is 0.335 e. The van der Waals surface area contributed by atoms with Gasteiger partial charge in [-0.25, -0.2) is 9.69 Å². The largest absolute Gasteiger partial charge is 0.488 e. The third kappa shape index (κ3) is 4.81. The Kier molecular flexibility index (Phi) is 6.55. The lowest BCUT2D eigenvalue weighted by Crippen LogP contribution is -2.54. The number of ether oxygens (including phenoxy) is 1. The second kappa shape index (κ2) is 9.98. The maximum atomic E-state index is 13.6. The summed E-state index contributed by atoms with van der Waals surface area (Å²) < 4.78 is 6.25. The molecule has 0 saturated carbocycles. The van der Waals surface area contributed by atoms with Crippen molar-refractivity contribution in [3.8, 4) is 5.75 Å². The van der Waals surface area contributed by atoms with Crippen molar-refractivity contribution in [2.24, 2.45) is 0 Å². The quantitative estimate of drug-likeness (QED) is 0.255. The van der Waals surface area contributed by atoms with E-state index in [4.69, 9.17) is 4.74 Å². The number of carbonyl (C=O) groups excluding carboxylic acids is 3. The summed E-state index contributed by atoms with van der Waals surface area (Å²) in [5.74, 6) is -0.890. The van der Waals surface area contributed by atoms with E-state index < -0.39 is 17.8 Å². The van der Waals surface area contributed by atoms with E-state index in [1.165, 1.54) is 6.08 Å². The molecule has 190 valence electrons. The average Bonchev–Trinajstić information content (AvgIpc) is 2.86. The summed E-state index contributed by atoms with van der Waals surface area (Å²) in [5.41, 5.74) is 5.95. The van der Waals surface area contributed by atoms with E-state index in [0.717, 1.165) is 43.5 Å². The Balaban J connectivity index is 1.59. The van der Waals surface area contributed by atoms with Crippen LogP contribution in [-0.2, 0) is 16.2 Å². The fourth-order valence-corrected chi connectivity index (χ4v) is 4.94. The van der Waals surface area contributed by atoms with Gasteiger partial charge < -0.3 is 4.74 Å². The van der Waals surface area contributed by atoms with Crippen LogP contribution in [0.25, 0.3) is 16.8 Å². The highest BCUT2D eigenvalue weighted by atomic mass is 16.5. The molecule has 5 rings (SSSR count). The number of carbonyl (C=O) groups is 3. The highest BCUT2D eigenvalue weighted by Gasteiger charge is 2.37. The highest BCUT2D eigenvalue weighted by Crippen LogP contribution is 2.33. The SMILES string of the molecule is Cc1cc(C)cc(COc2ccc3ccccc3c2/C=C2\C(=O)NC(=O)N(c3ccc(C)cc3C)C2=O)c1. The van der Waals surface area contributed by atoms with Crippen LogP contribution in [0.5, 0.6) is 5.75 Å². The van der Waals surface area contributed by atoms with E-state index in [1.807, 2.05) is 76.2 Å². The van der Waals surface area contributed by atoms with E-state index in [2.05, 4.69) is 23.5 Å². The molecule has 1 fully saturated rings. The number of benzene rings is 4. The van der Waals surface area contributed by atoms with Gasteiger partial charge in [-0.1, -0.05) is 77.4 Å². The topological polar surface area (TPSA) is 75.7 Å². The van der Waals surface area contributed by atoms with Gasteiger partial charge in [-0.15, -0.1) is 0 Å². The molecule has 0 bridgehead atoms. The number of nitrogens with one attached hydrogen (secondary N) is 1. The van der Waals surface area contributed by atoms with Gasteiger partial charge >= 0.3 is 6.03 Å². The van der Waals surface area contributed by atoms with Crippen LogP contribution in [0.2, 0.25) is 0 Å². The fourth-order valence-electron chi connectivity index (χ4n) is 4.94. The monoisotopic (exact) mass is 504 g/mol. The first-order chi connectivity index (χ1) is 18.2. The van der Waals surface area contributed by atoms with Crippen LogP contribution in [0.4, 0.5) is 10.5 Å². The second-order valence-corrected chi connectivity index (χ2v) is 9.73. The maximum absolute atomic E-state index is 13.6. The fraction of sp³-hybridized carbons (Fsp3) is 0.156. The van der Waals surface area contributed by atoms with Crippen molar-refractivity contribution in [3.63, 3.8) is 0 Å². The zero-order valence-corrected chi connectivity index (χ0v) is 21.8. The number of hydrogen-bond donors (Lipinski definition) is 1. The van der Waals surface area contributed by atoms with E-state index in [9.17, 15) is 14.4 Å². The molecule has 6 heteroatoms. The summed E-state index contributed by atoms with van der Waals surface area (Å²) in [6, 6.07) is 22.4. The molecule has 0 spiro atoms. The van der Waals surface area contributed by atoms with Crippen molar-refractivity contribution >= 4 is 40.4 Å². The molecule has 4 aromatic rings. The molecular weight excluding hydrogens is 476 g/mol. The predicted octanol–water partition coefficient (Wildman–Crippen LogP) is 6.32. The Morgan fingerprint density at radius 2 is 1.55 bits per heavy atom. The smallest absolute Gasteiger partial charge is 0.335 e. The number of amides is 4. The number of aryl methyl sites for hydroxylation is 4. The van der Waals surface area contributed by atoms with Gasteiger partial charge in [0.05, 0.1) is 5.69 Å². The van der Waals surface area contributed by atoms with Gasteiger partial charge in [0, 0.05) is 5.56 Å². The molecule has 1 aliphatic rings. The Hall–Kier alpha value is -4.71. The molecule has 6 nitrogen and oxygen atoms in total. The first-order valence-electron chi connectivity index (χ1n) is 12.4. The molecule has 1 heterocycles. The Bertz CT molecular complexity index is 1630. The molecule has 0 atom stereocenters. The number of rotatable bonds is 5. The minimum Gasteiger partial charge on any atom is -0.488 e. The number of barbiturate groups is 1. The summed E-state index contributed by atoms with van der Waals surface area (Å²) in [4.78, 5) is 40.4. The van der Waals surface area contributed by atoms with Crippen molar-refractivity contribution in [1.82, 2.24) is 5.32 Å². The molecule has 0 aromatic heterocycles. The molecule has 1 aliphatic heterocycles. The van der Waals surface area contributed by atoms with E-state index in [-0.39, 0.29) is 5.57 Å². The van der Waals surface area contributed by atoms with E-state index in [0.29, 0.717) is 23.6 Å². The zero-order chi connectivity index (χ0) is 27.0. The van der Waals surface area contributed by atoms with Crippen molar-refractivity contribution in [2.45, 2.75) is 34.3 Å². The number of hydrogen-bond acceptors (Lipinski definition) is 4. The van der Waals surface area contributed by atoms with Crippen molar-refractivity contribution in [3.05, 3.63) is 112 Å². The molecule has 1 saturated heterocycles. The average molecular weight is 505 g/mol. The van der Waals surface area contributed by atoms with Crippen LogP contribution in [0.1, 0.15) is 33.4 Å². The third-order valence-electron chi connectivity index (χ3n) is 6.59. The predicted molar refractivity (Wildman–Crippen MR) is 149 cm³/mol. The Morgan fingerprint density at radius 1 is 0.816 bits per heavy atom. The first-order valence-corrected chi connectivity index (χ1v) is 12.4. The summed E-state index contributed by atoms with van der Waals surface area (Å²) in [6.07, 6.45) is 1.53. The van der Waals surface area contributed by atoms with Gasteiger partial charge in [-0.05, 0) is 67.8 Å². The number of imide groups is 2. The third-order valence-corrected chi connectivity index (χ3v) is 6.59. The van der Waals surface area contributed by atoms with Gasteiger partial charge in [0.1, 0.15) is 17.9 Å². The van der Waals surface area contributed by atoms with Crippen LogP contribution in [0, 0.1) is 27.7 Å². The molecule has 0 unspecified atom stereocenters. The second-order valence-electron chi connectivity index (χ2n) is 9.73. The molecule has 38 heavy (non-hydrogen) atoms. The van der Waals surface area contributed by atoms with Gasteiger partial charge in [0.25, 0.3) is 11.8 Å². The molecule has 0 aliphatic carbocycles. The number of nitrogens with zero attached hydrogens (tertiary/aromatic N) is 1. The van der Waals surface area contributed by atoms with Crippen molar-refractivity contribution in [1.29, 1.82) is 0 Å². The van der Waals surface area contributed by atoms with Crippen LogP contribution in [-0.4, -0.2) is 17.8 Å². The summed E-state index contributed by atoms with van der Waals surface area (Å²) in [7, 11) is 0. The Morgan fingerprint density at radius 3 is 2.29 bits per heavy atom. The van der Waals surface area contributed by atoms with Gasteiger partial charge in [-0.3, -0.25) is 14.9 Å². The van der Waals surface area contributed by atoms with Crippen LogP contribution in [0.15, 0.2) is 78.4 Å². The molecule has 1 N–H and O–H groups in total. The summed E-state index contributed by atoms with van der Waals surface area (Å²) >= 11 is 0. The van der Waals surface area contributed by atoms with Crippen LogP contribution < -0.4 is 15.0 Å². The highest BCUT2D eigenvalue weighted by molar-refractivity contribution is 6.39. The van der Waals surface area contributed by atoms with Crippen molar-refractivity contribution < 1.29 is 19.1 Å². The van der Waals surface area contributed by atoms with Gasteiger partial charge in [0.2, 0.25) is 0 Å². The number of fused-ring (bicyclic) bond motifs is 1. The summed E-state index contributed by atoms with van der Waals surface area (Å²) in [6.45, 7) is 8.16. The lowest BCUT2D eigenvalue weighted by molar-refractivity contribution is -0.122. The van der Waals surface area contributed by atoms with Crippen molar-refractivity contribution in [2.75, 3.05) is 4.90 Å². The normalized spacial score (nSPS) is 14.8. The lowest BCUT2D eigenvalue weighted by Gasteiger charge is -2.28. The molecular formula is C32H28N2O4. The summed E-state index contributed by atoms with van der Waals surface area (Å²) in [5, 5.41) is 4.09.